The van der Waals surface area contributed by atoms with Gasteiger partial charge in [-0.1, -0.05) is 12.1 Å². The molecule has 0 saturated carbocycles. The van der Waals surface area contributed by atoms with Crippen molar-refractivity contribution in [2.45, 2.75) is 6.42 Å². The number of phenols is 1. The molecule has 2 N–H and O–H groups in total. The standard InChI is InChI=1S/C15H11FN2O2/c16-11-3-6-14(19)13(9-11)15(20)18-12-4-1-10(2-5-12)7-8-17/h1-6,9,19H,7H2,(H,18,20). The maximum absolute atomic E-state index is 13.1. The van der Waals surface area contributed by atoms with Crippen molar-refractivity contribution in [2.75, 3.05) is 5.32 Å². The number of rotatable bonds is 3. The average Bonchev–Trinajstić information content (AvgIpc) is 2.44. The van der Waals surface area contributed by atoms with E-state index in [2.05, 4.69) is 5.32 Å². The van der Waals surface area contributed by atoms with Gasteiger partial charge >= 0.3 is 0 Å². The van der Waals surface area contributed by atoms with E-state index in [-0.39, 0.29) is 11.3 Å². The van der Waals surface area contributed by atoms with Crippen LogP contribution in [0.1, 0.15) is 15.9 Å². The van der Waals surface area contributed by atoms with E-state index in [9.17, 15) is 14.3 Å². The summed E-state index contributed by atoms with van der Waals surface area (Å²) in [5, 5.41) is 20.6. The van der Waals surface area contributed by atoms with Crippen molar-refractivity contribution in [3.8, 4) is 11.8 Å². The predicted molar refractivity (Wildman–Crippen MR) is 71.8 cm³/mol. The molecule has 0 radical (unpaired) electrons. The van der Waals surface area contributed by atoms with E-state index in [4.69, 9.17) is 5.26 Å². The molecule has 100 valence electrons. The zero-order chi connectivity index (χ0) is 14.5. The average molecular weight is 270 g/mol. The fraction of sp³-hybridized carbons (Fsp3) is 0.0667. The molecule has 0 atom stereocenters. The summed E-state index contributed by atoms with van der Waals surface area (Å²) in [6, 6.07) is 11.9. The molecule has 0 saturated heterocycles. The molecule has 1 amide bonds. The molecule has 0 unspecified atom stereocenters. The Labute approximate surface area is 115 Å². The fourth-order valence-electron chi connectivity index (χ4n) is 1.69. The first-order valence-corrected chi connectivity index (χ1v) is 5.86. The third-order valence-corrected chi connectivity index (χ3v) is 2.70. The van der Waals surface area contributed by atoms with E-state index in [0.29, 0.717) is 12.1 Å². The van der Waals surface area contributed by atoms with Gasteiger partial charge in [-0.3, -0.25) is 4.79 Å². The number of anilines is 1. The molecule has 0 heterocycles. The molecule has 0 aliphatic carbocycles. The number of nitrogens with one attached hydrogen (secondary N) is 1. The summed E-state index contributed by atoms with van der Waals surface area (Å²) >= 11 is 0. The number of halogens is 1. The molecule has 4 nitrogen and oxygen atoms in total. The van der Waals surface area contributed by atoms with Crippen LogP contribution < -0.4 is 5.32 Å². The maximum Gasteiger partial charge on any atom is 0.259 e. The molecule has 2 aromatic rings. The molecular weight excluding hydrogens is 259 g/mol. The van der Waals surface area contributed by atoms with E-state index in [1.807, 2.05) is 6.07 Å². The third kappa shape index (κ3) is 3.12. The summed E-state index contributed by atoms with van der Waals surface area (Å²) in [5.74, 6) is -1.49. The zero-order valence-corrected chi connectivity index (χ0v) is 10.4. The van der Waals surface area contributed by atoms with Crippen LogP contribution in [0.2, 0.25) is 0 Å². The van der Waals surface area contributed by atoms with Crippen LogP contribution in [-0.4, -0.2) is 11.0 Å². The van der Waals surface area contributed by atoms with Crippen molar-refractivity contribution >= 4 is 11.6 Å². The van der Waals surface area contributed by atoms with Crippen LogP contribution in [0.4, 0.5) is 10.1 Å². The van der Waals surface area contributed by atoms with Crippen molar-refractivity contribution in [3.05, 3.63) is 59.4 Å². The van der Waals surface area contributed by atoms with Crippen molar-refractivity contribution < 1.29 is 14.3 Å². The fourth-order valence-corrected chi connectivity index (χ4v) is 1.69. The highest BCUT2D eigenvalue weighted by Gasteiger charge is 2.12. The zero-order valence-electron chi connectivity index (χ0n) is 10.4. The van der Waals surface area contributed by atoms with Crippen LogP contribution >= 0.6 is 0 Å². The first-order chi connectivity index (χ1) is 9.60. The van der Waals surface area contributed by atoms with Crippen molar-refractivity contribution in [2.24, 2.45) is 0 Å². The molecule has 0 spiro atoms. The molecule has 5 heteroatoms. The number of nitriles is 1. The SMILES string of the molecule is N#CCc1ccc(NC(=O)c2cc(F)ccc2O)cc1. The highest BCUT2D eigenvalue weighted by molar-refractivity contribution is 6.06. The third-order valence-electron chi connectivity index (χ3n) is 2.70. The Kier molecular flexibility index (Phi) is 3.96. The lowest BCUT2D eigenvalue weighted by Gasteiger charge is -2.07. The number of nitrogens with zero attached hydrogens (tertiary/aromatic N) is 1. The first-order valence-electron chi connectivity index (χ1n) is 5.86. The van der Waals surface area contributed by atoms with Crippen LogP contribution in [0.5, 0.6) is 5.75 Å². The second-order valence-corrected chi connectivity index (χ2v) is 4.15. The number of carbonyl (C=O) groups excluding carboxylic acids is 1. The molecule has 0 aromatic heterocycles. The van der Waals surface area contributed by atoms with Crippen LogP contribution in [-0.2, 0) is 6.42 Å². The van der Waals surface area contributed by atoms with Crippen LogP contribution in [0.25, 0.3) is 0 Å². The molecule has 0 aliphatic rings. The number of aromatic hydroxyl groups is 1. The predicted octanol–water partition coefficient (Wildman–Crippen LogP) is 2.85. The summed E-state index contributed by atoms with van der Waals surface area (Å²) in [4.78, 5) is 11.9. The lowest BCUT2D eigenvalue weighted by Crippen LogP contribution is -2.12. The largest absolute Gasteiger partial charge is 0.507 e. The van der Waals surface area contributed by atoms with Gasteiger partial charge in [0.15, 0.2) is 0 Å². The summed E-state index contributed by atoms with van der Waals surface area (Å²) in [7, 11) is 0. The Balaban J connectivity index is 2.15. The Morgan fingerprint density at radius 1 is 1.25 bits per heavy atom. The Bertz CT molecular complexity index is 675. The quantitative estimate of drug-likeness (QED) is 0.900. The minimum absolute atomic E-state index is 0.133. The highest BCUT2D eigenvalue weighted by atomic mass is 19.1. The highest BCUT2D eigenvalue weighted by Crippen LogP contribution is 2.19. The van der Waals surface area contributed by atoms with Crippen LogP contribution in [0.3, 0.4) is 0 Å². The van der Waals surface area contributed by atoms with E-state index in [1.54, 1.807) is 24.3 Å². The van der Waals surface area contributed by atoms with Gasteiger partial charge in [0.2, 0.25) is 0 Å². The summed E-state index contributed by atoms with van der Waals surface area (Å²) in [5.41, 5.74) is 1.20. The number of phenolic OH excluding ortho intramolecular Hbond substituents is 1. The lowest BCUT2D eigenvalue weighted by atomic mass is 10.1. The minimum Gasteiger partial charge on any atom is -0.507 e. The number of benzene rings is 2. The monoisotopic (exact) mass is 270 g/mol. The van der Waals surface area contributed by atoms with Gasteiger partial charge in [0.1, 0.15) is 11.6 Å². The van der Waals surface area contributed by atoms with Gasteiger partial charge in [0, 0.05) is 5.69 Å². The first kappa shape index (κ1) is 13.6. The maximum atomic E-state index is 13.1. The summed E-state index contributed by atoms with van der Waals surface area (Å²) in [6.07, 6.45) is 0.291. The molecule has 2 rings (SSSR count). The Hall–Kier alpha value is -2.87. The van der Waals surface area contributed by atoms with Gasteiger partial charge in [-0.25, -0.2) is 4.39 Å². The molecule has 2 aromatic carbocycles. The summed E-state index contributed by atoms with van der Waals surface area (Å²) in [6.45, 7) is 0. The van der Waals surface area contributed by atoms with Gasteiger partial charge in [-0.2, -0.15) is 5.26 Å². The van der Waals surface area contributed by atoms with Gasteiger partial charge in [0.05, 0.1) is 18.1 Å². The van der Waals surface area contributed by atoms with Crippen molar-refractivity contribution in [1.82, 2.24) is 0 Å². The van der Waals surface area contributed by atoms with Crippen molar-refractivity contribution in [3.63, 3.8) is 0 Å². The van der Waals surface area contributed by atoms with E-state index >= 15 is 0 Å². The van der Waals surface area contributed by atoms with Crippen molar-refractivity contribution in [1.29, 1.82) is 5.26 Å². The second-order valence-electron chi connectivity index (χ2n) is 4.15. The lowest BCUT2D eigenvalue weighted by molar-refractivity contribution is 0.102. The molecular formula is C15H11FN2O2. The van der Waals surface area contributed by atoms with E-state index in [1.165, 1.54) is 0 Å². The molecule has 20 heavy (non-hydrogen) atoms. The molecule has 0 fully saturated rings. The summed E-state index contributed by atoms with van der Waals surface area (Å²) < 4.78 is 13.1. The normalized spacial score (nSPS) is 9.80. The van der Waals surface area contributed by atoms with E-state index < -0.39 is 11.7 Å². The second kappa shape index (κ2) is 5.85. The topological polar surface area (TPSA) is 73.1 Å². The number of hydrogen-bond donors (Lipinski definition) is 2. The van der Waals surface area contributed by atoms with Gasteiger partial charge in [-0.05, 0) is 35.9 Å². The van der Waals surface area contributed by atoms with Gasteiger partial charge < -0.3 is 10.4 Å². The minimum atomic E-state index is -0.602. The Morgan fingerprint density at radius 3 is 2.60 bits per heavy atom. The van der Waals surface area contributed by atoms with E-state index in [0.717, 1.165) is 23.8 Å². The van der Waals surface area contributed by atoms with Crippen LogP contribution in [0.15, 0.2) is 42.5 Å². The van der Waals surface area contributed by atoms with Crippen LogP contribution in [0, 0.1) is 17.1 Å². The molecule has 0 aliphatic heterocycles. The number of hydrogen-bond acceptors (Lipinski definition) is 3. The Morgan fingerprint density at radius 2 is 1.95 bits per heavy atom. The number of carbonyl (C=O) groups is 1. The van der Waals surface area contributed by atoms with Gasteiger partial charge in [-0.15, -0.1) is 0 Å². The molecule has 0 bridgehead atoms. The van der Waals surface area contributed by atoms with Gasteiger partial charge in [0.25, 0.3) is 5.91 Å². The smallest absolute Gasteiger partial charge is 0.259 e. The number of amides is 1.